The number of halogens is 2. The molecule has 2 unspecified atom stereocenters. The molecule has 2 aliphatic rings. The second kappa shape index (κ2) is 6.70. The Labute approximate surface area is 158 Å². The van der Waals surface area contributed by atoms with Crippen LogP contribution in [0.1, 0.15) is 23.3 Å². The Morgan fingerprint density at radius 1 is 1.20 bits per heavy atom. The average molecular weight is 399 g/mol. The molecular formula is C16H16Cl2N4O2S. The molecule has 132 valence electrons. The molecule has 0 spiro atoms. The van der Waals surface area contributed by atoms with Gasteiger partial charge < -0.3 is 10.0 Å². The molecule has 0 bridgehead atoms. The zero-order valence-corrected chi connectivity index (χ0v) is 15.5. The van der Waals surface area contributed by atoms with Gasteiger partial charge in [-0.25, -0.2) is 4.79 Å². The third-order valence-electron chi connectivity index (χ3n) is 4.97. The van der Waals surface area contributed by atoms with E-state index in [1.54, 1.807) is 0 Å². The zero-order valence-electron chi connectivity index (χ0n) is 13.2. The van der Waals surface area contributed by atoms with E-state index in [9.17, 15) is 4.79 Å². The summed E-state index contributed by atoms with van der Waals surface area (Å²) in [5.74, 6) is 0.166. The van der Waals surface area contributed by atoms with Crippen molar-refractivity contribution in [3.63, 3.8) is 0 Å². The Bertz CT molecular complexity index is 801. The van der Waals surface area contributed by atoms with Gasteiger partial charge in [-0.15, -0.1) is 10.2 Å². The van der Waals surface area contributed by atoms with Crippen molar-refractivity contribution in [1.29, 1.82) is 0 Å². The number of carboxylic acids is 1. The molecule has 1 aromatic carbocycles. The molecule has 2 fully saturated rings. The van der Waals surface area contributed by atoms with Gasteiger partial charge in [-0.1, -0.05) is 35.0 Å². The van der Waals surface area contributed by atoms with Crippen LogP contribution in [0.5, 0.6) is 0 Å². The fraction of sp³-hybridized carbons (Fsp3) is 0.438. The van der Waals surface area contributed by atoms with E-state index in [-0.39, 0.29) is 5.69 Å². The minimum Gasteiger partial charge on any atom is -0.476 e. The van der Waals surface area contributed by atoms with Gasteiger partial charge in [-0.05, 0) is 42.9 Å². The molecule has 6 nitrogen and oxygen atoms in total. The Kier molecular flexibility index (Phi) is 4.56. The summed E-state index contributed by atoms with van der Waals surface area (Å²) in [6.45, 7) is 1.98. The summed E-state index contributed by atoms with van der Waals surface area (Å²) in [6.07, 6.45) is 2.11. The molecule has 3 atom stereocenters. The van der Waals surface area contributed by atoms with Gasteiger partial charge in [-0.3, -0.25) is 0 Å². The van der Waals surface area contributed by atoms with Gasteiger partial charge in [0, 0.05) is 24.0 Å². The Morgan fingerprint density at radius 2 is 1.92 bits per heavy atom. The first-order chi connectivity index (χ1) is 12.0. The summed E-state index contributed by atoms with van der Waals surface area (Å²) in [7, 11) is 0. The lowest BCUT2D eigenvalue weighted by Gasteiger charge is -2.21. The van der Waals surface area contributed by atoms with Crippen LogP contribution >= 0.6 is 35.0 Å². The second-order valence-electron chi connectivity index (χ2n) is 6.52. The molecular weight excluding hydrogens is 383 g/mol. The number of thioether (sulfide) groups is 1. The molecule has 4 rings (SSSR count). The maximum absolute atomic E-state index is 11.1. The number of aromatic amines is 1. The van der Waals surface area contributed by atoms with Crippen molar-refractivity contribution in [3.8, 4) is 0 Å². The van der Waals surface area contributed by atoms with Crippen molar-refractivity contribution < 1.29 is 9.90 Å². The zero-order chi connectivity index (χ0) is 17.6. The summed E-state index contributed by atoms with van der Waals surface area (Å²) >= 11 is 13.7. The monoisotopic (exact) mass is 398 g/mol. The molecule has 1 saturated carbocycles. The molecule has 1 aliphatic carbocycles. The first kappa shape index (κ1) is 17.0. The number of aromatic nitrogens is 3. The minimum absolute atomic E-state index is 0.0134. The predicted octanol–water partition coefficient (Wildman–Crippen LogP) is 3.82. The number of H-pyrrole nitrogens is 1. The Hall–Kier alpha value is -1.44. The number of aromatic carboxylic acids is 1. The lowest BCUT2D eigenvalue weighted by atomic mass is 10.0. The van der Waals surface area contributed by atoms with Crippen molar-refractivity contribution in [2.45, 2.75) is 23.1 Å². The van der Waals surface area contributed by atoms with E-state index in [1.807, 2.05) is 18.2 Å². The summed E-state index contributed by atoms with van der Waals surface area (Å²) in [5, 5.41) is 21.3. The second-order valence-corrected chi connectivity index (χ2v) is 8.62. The fourth-order valence-electron chi connectivity index (χ4n) is 3.83. The largest absolute Gasteiger partial charge is 0.476 e. The van der Waals surface area contributed by atoms with Gasteiger partial charge in [-0.2, -0.15) is 5.21 Å². The summed E-state index contributed by atoms with van der Waals surface area (Å²) in [6, 6.07) is 5.77. The van der Waals surface area contributed by atoms with Gasteiger partial charge in [0.2, 0.25) is 5.69 Å². The van der Waals surface area contributed by atoms with Gasteiger partial charge in [0.05, 0.1) is 10.0 Å². The van der Waals surface area contributed by atoms with E-state index in [2.05, 4.69) is 20.3 Å². The molecule has 0 radical (unpaired) electrons. The average Bonchev–Trinajstić information content (AvgIpc) is 3.24. The van der Waals surface area contributed by atoms with Crippen LogP contribution in [-0.2, 0) is 0 Å². The highest BCUT2D eigenvalue weighted by Crippen LogP contribution is 2.46. The van der Waals surface area contributed by atoms with Crippen LogP contribution in [-0.4, -0.2) is 44.8 Å². The van der Waals surface area contributed by atoms with E-state index >= 15 is 0 Å². The summed E-state index contributed by atoms with van der Waals surface area (Å²) in [4.78, 5) is 13.5. The van der Waals surface area contributed by atoms with E-state index in [0.29, 0.717) is 32.2 Å². The van der Waals surface area contributed by atoms with Crippen molar-refractivity contribution in [3.05, 3.63) is 33.9 Å². The lowest BCUT2D eigenvalue weighted by Crippen LogP contribution is -2.22. The quantitative estimate of drug-likeness (QED) is 0.814. The number of anilines is 1. The smallest absolute Gasteiger partial charge is 0.359 e. The van der Waals surface area contributed by atoms with Crippen molar-refractivity contribution in [1.82, 2.24) is 15.4 Å². The first-order valence-corrected chi connectivity index (χ1v) is 9.65. The third-order valence-corrected chi connectivity index (χ3v) is 6.94. The minimum atomic E-state index is -1.04. The van der Waals surface area contributed by atoms with E-state index in [4.69, 9.17) is 28.3 Å². The Morgan fingerprint density at radius 3 is 2.56 bits per heavy atom. The normalized spacial score (nSPS) is 25.4. The van der Waals surface area contributed by atoms with Gasteiger partial charge in [0.25, 0.3) is 0 Å². The summed E-state index contributed by atoms with van der Waals surface area (Å²) in [5.41, 5.74) is 1.12. The van der Waals surface area contributed by atoms with E-state index in [0.717, 1.165) is 31.6 Å². The van der Waals surface area contributed by atoms with Crippen LogP contribution in [0.3, 0.4) is 0 Å². The van der Waals surface area contributed by atoms with Crippen LogP contribution in [0.4, 0.5) is 5.69 Å². The van der Waals surface area contributed by atoms with Gasteiger partial charge in [0.1, 0.15) is 0 Å². The number of hydrogen-bond acceptors (Lipinski definition) is 5. The predicted molar refractivity (Wildman–Crippen MR) is 97.9 cm³/mol. The molecule has 2 heterocycles. The van der Waals surface area contributed by atoms with Crippen molar-refractivity contribution in [2.75, 3.05) is 18.0 Å². The molecule has 2 N–H and O–H groups in total. The van der Waals surface area contributed by atoms with Gasteiger partial charge >= 0.3 is 5.97 Å². The molecule has 1 saturated heterocycles. The number of nitrogens with zero attached hydrogens (tertiary/aromatic N) is 3. The Balaban J connectivity index is 1.39. The SMILES string of the molecule is O=C(O)c1n[nH]nc1SC1CC2CN(c3ccc(Cl)c(Cl)c3)C[C@H]2C1. The number of rotatable bonds is 4. The molecule has 25 heavy (non-hydrogen) atoms. The number of nitrogens with one attached hydrogen (secondary N) is 1. The van der Waals surface area contributed by atoms with E-state index in [1.165, 1.54) is 11.8 Å². The molecule has 1 aromatic heterocycles. The maximum atomic E-state index is 11.1. The number of benzene rings is 1. The molecule has 1 aliphatic heterocycles. The first-order valence-electron chi connectivity index (χ1n) is 8.02. The van der Waals surface area contributed by atoms with Crippen molar-refractivity contribution in [2.24, 2.45) is 11.8 Å². The van der Waals surface area contributed by atoms with Crippen LogP contribution in [0, 0.1) is 11.8 Å². The highest BCUT2D eigenvalue weighted by atomic mass is 35.5. The molecule has 2 aromatic rings. The molecule has 9 heteroatoms. The lowest BCUT2D eigenvalue weighted by molar-refractivity contribution is 0.0686. The van der Waals surface area contributed by atoms with Gasteiger partial charge in [0.15, 0.2) is 5.03 Å². The van der Waals surface area contributed by atoms with Crippen molar-refractivity contribution >= 4 is 46.6 Å². The molecule has 0 amide bonds. The number of carbonyl (C=O) groups is 1. The van der Waals surface area contributed by atoms with Crippen LogP contribution < -0.4 is 4.90 Å². The summed E-state index contributed by atoms with van der Waals surface area (Å²) < 4.78 is 0. The van der Waals surface area contributed by atoms with Crippen LogP contribution in [0.15, 0.2) is 23.2 Å². The van der Waals surface area contributed by atoms with Crippen LogP contribution in [0.25, 0.3) is 0 Å². The van der Waals surface area contributed by atoms with Crippen LogP contribution in [0.2, 0.25) is 10.0 Å². The highest BCUT2D eigenvalue weighted by Gasteiger charge is 2.42. The number of carboxylic acid groups (broad SMARTS) is 1. The van der Waals surface area contributed by atoms with E-state index < -0.39 is 5.97 Å². The standard InChI is InChI=1S/C16H16Cl2N4O2S/c17-12-2-1-10(5-13(12)18)22-6-8-3-11(4-9(8)7-22)25-15-14(16(23)24)19-21-20-15/h1-2,5,8-9,11H,3-4,6-7H2,(H,23,24)(H,19,20,21)/t8-,9?,11?/m1/s1. The fourth-order valence-corrected chi connectivity index (χ4v) is 5.47. The number of hydrogen-bond donors (Lipinski definition) is 2. The topological polar surface area (TPSA) is 82.1 Å². The highest BCUT2D eigenvalue weighted by molar-refractivity contribution is 7.99. The maximum Gasteiger partial charge on any atom is 0.359 e. The number of fused-ring (bicyclic) bond motifs is 1. The third kappa shape index (κ3) is 3.32.